The van der Waals surface area contributed by atoms with Crippen molar-refractivity contribution in [1.82, 2.24) is 14.9 Å². The van der Waals surface area contributed by atoms with E-state index in [0.717, 1.165) is 10.1 Å². The fourth-order valence-corrected chi connectivity index (χ4v) is 4.15. The third-order valence-corrected chi connectivity index (χ3v) is 6.65. The highest BCUT2D eigenvalue weighted by atomic mass is 32.2. The van der Waals surface area contributed by atoms with E-state index in [-0.39, 0.29) is 10.5 Å². The van der Waals surface area contributed by atoms with E-state index >= 15 is 0 Å². The van der Waals surface area contributed by atoms with E-state index in [4.69, 9.17) is 0 Å². The number of sulfonamides is 1. The minimum Gasteiger partial charge on any atom is -0.296 e. The second-order valence-corrected chi connectivity index (χ2v) is 9.40. The van der Waals surface area contributed by atoms with Gasteiger partial charge < -0.3 is 0 Å². The minimum atomic E-state index is -3.60. The van der Waals surface area contributed by atoms with Gasteiger partial charge in [-0.3, -0.25) is 10.1 Å². The zero-order chi connectivity index (χ0) is 17.7. The van der Waals surface area contributed by atoms with Gasteiger partial charge in [-0.1, -0.05) is 43.0 Å². The van der Waals surface area contributed by atoms with Crippen molar-refractivity contribution in [3.05, 3.63) is 29.8 Å². The predicted molar refractivity (Wildman–Crippen MR) is 96.1 cm³/mol. The quantitative estimate of drug-likeness (QED) is 0.560. The van der Waals surface area contributed by atoms with Gasteiger partial charge in [-0.25, -0.2) is 13.1 Å². The fraction of sp³-hybridized carbons (Fsp3) is 0.357. The molecule has 10 heteroatoms. The summed E-state index contributed by atoms with van der Waals surface area (Å²) in [5, 5.41) is 11.0. The van der Waals surface area contributed by atoms with Gasteiger partial charge in [0.15, 0.2) is 4.34 Å². The summed E-state index contributed by atoms with van der Waals surface area (Å²) in [6.45, 7) is 4.23. The van der Waals surface area contributed by atoms with E-state index in [1.165, 1.54) is 36.6 Å². The lowest BCUT2D eigenvalue weighted by Gasteiger charge is -2.05. The standard InChI is InChI=1S/C14H18N4O3S3/c1-9(2)8-22-14-18-17-13(23-14)16-12(19)10-5-4-6-11(7-10)24(20,21)15-3/h4-7,9,15H,8H2,1-3H3,(H,16,17,19). The van der Waals surface area contributed by atoms with Gasteiger partial charge in [-0.2, -0.15) is 0 Å². The topological polar surface area (TPSA) is 101 Å². The van der Waals surface area contributed by atoms with Crippen LogP contribution >= 0.6 is 23.1 Å². The molecule has 24 heavy (non-hydrogen) atoms. The highest BCUT2D eigenvalue weighted by Crippen LogP contribution is 2.27. The monoisotopic (exact) mass is 386 g/mol. The number of hydrogen-bond acceptors (Lipinski definition) is 7. The highest BCUT2D eigenvalue weighted by Gasteiger charge is 2.15. The highest BCUT2D eigenvalue weighted by molar-refractivity contribution is 8.01. The van der Waals surface area contributed by atoms with E-state index in [1.54, 1.807) is 17.8 Å². The molecule has 0 saturated carbocycles. The van der Waals surface area contributed by atoms with Gasteiger partial charge in [0.05, 0.1) is 4.90 Å². The summed E-state index contributed by atoms with van der Waals surface area (Å²) in [5.74, 6) is 1.03. The molecule has 0 saturated heterocycles. The molecule has 0 unspecified atom stereocenters. The van der Waals surface area contributed by atoms with Crippen LogP contribution in [0.4, 0.5) is 5.13 Å². The van der Waals surface area contributed by atoms with Crippen LogP contribution in [0.3, 0.4) is 0 Å². The molecule has 1 amide bonds. The van der Waals surface area contributed by atoms with Gasteiger partial charge in [-0.15, -0.1) is 10.2 Å². The number of hydrogen-bond donors (Lipinski definition) is 2. The van der Waals surface area contributed by atoms with E-state index in [2.05, 4.69) is 34.1 Å². The molecular weight excluding hydrogens is 368 g/mol. The van der Waals surface area contributed by atoms with Crippen LogP contribution in [0.25, 0.3) is 0 Å². The number of aromatic nitrogens is 2. The first-order chi connectivity index (χ1) is 11.3. The van der Waals surface area contributed by atoms with Crippen LogP contribution in [-0.2, 0) is 10.0 Å². The third-order valence-electron chi connectivity index (χ3n) is 2.84. The van der Waals surface area contributed by atoms with Crippen LogP contribution in [0.2, 0.25) is 0 Å². The molecule has 0 bridgehead atoms. The number of benzene rings is 1. The lowest BCUT2D eigenvalue weighted by molar-refractivity contribution is 0.102. The van der Waals surface area contributed by atoms with Crippen molar-refractivity contribution in [2.45, 2.75) is 23.1 Å². The Labute approximate surface area is 149 Å². The second-order valence-electron chi connectivity index (χ2n) is 5.27. The van der Waals surface area contributed by atoms with Gasteiger partial charge in [0.25, 0.3) is 5.91 Å². The number of nitrogens with zero attached hydrogens (tertiary/aromatic N) is 2. The Morgan fingerprint density at radius 2 is 2.08 bits per heavy atom. The van der Waals surface area contributed by atoms with E-state index in [1.807, 2.05) is 0 Å². The zero-order valence-corrected chi connectivity index (χ0v) is 15.9. The van der Waals surface area contributed by atoms with Crippen LogP contribution in [0.1, 0.15) is 24.2 Å². The van der Waals surface area contributed by atoms with E-state index < -0.39 is 15.9 Å². The molecule has 0 fully saturated rings. The molecule has 0 aliphatic heterocycles. The number of thioether (sulfide) groups is 1. The molecular formula is C14H18N4O3S3. The van der Waals surface area contributed by atoms with Crippen LogP contribution in [0, 0.1) is 5.92 Å². The second kappa shape index (κ2) is 8.06. The minimum absolute atomic E-state index is 0.0306. The van der Waals surface area contributed by atoms with Crippen molar-refractivity contribution in [1.29, 1.82) is 0 Å². The summed E-state index contributed by atoms with van der Waals surface area (Å²) in [7, 11) is -2.28. The summed E-state index contributed by atoms with van der Waals surface area (Å²) in [6, 6.07) is 5.80. The average Bonchev–Trinajstić information content (AvgIpc) is 3.00. The molecule has 1 aromatic carbocycles. The van der Waals surface area contributed by atoms with Gasteiger partial charge in [0.2, 0.25) is 15.2 Å². The molecule has 0 atom stereocenters. The maximum absolute atomic E-state index is 12.3. The third kappa shape index (κ3) is 5.00. The first-order valence-corrected chi connectivity index (χ1v) is 10.4. The fourth-order valence-electron chi connectivity index (χ4n) is 1.65. The molecule has 0 aliphatic rings. The summed E-state index contributed by atoms with van der Waals surface area (Å²) in [6.07, 6.45) is 0. The van der Waals surface area contributed by atoms with Crippen LogP contribution in [0.15, 0.2) is 33.5 Å². The van der Waals surface area contributed by atoms with Gasteiger partial charge in [0, 0.05) is 11.3 Å². The van der Waals surface area contributed by atoms with E-state index in [0.29, 0.717) is 11.0 Å². The molecule has 2 aromatic rings. The maximum atomic E-state index is 12.3. The normalized spacial score (nSPS) is 11.7. The van der Waals surface area contributed by atoms with Crippen molar-refractivity contribution in [3.8, 4) is 0 Å². The molecule has 2 rings (SSSR count). The molecule has 0 aliphatic carbocycles. The molecule has 1 aromatic heterocycles. The lowest BCUT2D eigenvalue weighted by atomic mass is 10.2. The van der Waals surface area contributed by atoms with Crippen molar-refractivity contribution in [2.24, 2.45) is 5.92 Å². The zero-order valence-electron chi connectivity index (χ0n) is 13.4. The Hall–Kier alpha value is -1.49. The molecule has 130 valence electrons. The van der Waals surface area contributed by atoms with Crippen molar-refractivity contribution in [3.63, 3.8) is 0 Å². The molecule has 7 nitrogen and oxygen atoms in total. The molecule has 1 heterocycles. The van der Waals surface area contributed by atoms with Crippen molar-refractivity contribution in [2.75, 3.05) is 18.1 Å². The molecule has 0 spiro atoms. The summed E-state index contributed by atoms with van der Waals surface area (Å²) >= 11 is 2.88. The summed E-state index contributed by atoms with van der Waals surface area (Å²) in [4.78, 5) is 12.3. The Bertz CT molecular complexity index is 818. The smallest absolute Gasteiger partial charge is 0.257 e. The van der Waals surface area contributed by atoms with Crippen LogP contribution < -0.4 is 10.0 Å². The van der Waals surface area contributed by atoms with Gasteiger partial charge >= 0.3 is 0 Å². The Morgan fingerprint density at radius 1 is 1.33 bits per heavy atom. The lowest BCUT2D eigenvalue weighted by Crippen LogP contribution is -2.19. The molecule has 0 radical (unpaired) electrons. The maximum Gasteiger partial charge on any atom is 0.257 e. The Balaban J connectivity index is 2.09. The van der Waals surface area contributed by atoms with Crippen molar-refractivity contribution < 1.29 is 13.2 Å². The molecule has 2 N–H and O–H groups in total. The largest absolute Gasteiger partial charge is 0.296 e. The predicted octanol–water partition coefficient (Wildman–Crippen LogP) is 2.45. The number of rotatable bonds is 7. The van der Waals surface area contributed by atoms with Gasteiger partial charge in [0.1, 0.15) is 0 Å². The van der Waals surface area contributed by atoms with Crippen molar-refractivity contribution >= 4 is 44.2 Å². The van der Waals surface area contributed by atoms with Crippen LogP contribution in [-0.4, -0.2) is 37.3 Å². The summed E-state index contributed by atoms with van der Waals surface area (Å²) in [5.41, 5.74) is 0.234. The van der Waals surface area contributed by atoms with Gasteiger partial charge in [-0.05, 0) is 31.2 Å². The first kappa shape index (κ1) is 18.8. The number of carbonyl (C=O) groups is 1. The SMILES string of the molecule is CNS(=O)(=O)c1cccc(C(=O)Nc2nnc(SCC(C)C)s2)c1. The number of nitrogens with one attached hydrogen (secondary N) is 2. The first-order valence-electron chi connectivity index (χ1n) is 7.13. The Morgan fingerprint density at radius 3 is 2.75 bits per heavy atom. The average molecular weight is 387 g/mol. The Kier molecular flexibility index (Phi) is 6.33. The van der Waals surface area contributed by atoms with E-state index in [9.17, 15) is 13.2 Å². The summed E-state index contributed by atoms with van der Waals surface area (Å²) < 4.78 is 26.6. The number of carbonyl (C=O) groups excluding carboxylic acids is 1. The number of anilines is 1. The van der Waals surface area contributed by atoms with Crippen LogP contribution in [0.5, 0.6) is 0 Å². The number of amides is 1.